The van der Waals surface area contributed by atoms with Gasteiger partial charge < -0.3 is 15.3 Å². The zero-order valence-electron chi connectivity index (χ0n) is 7.90. The second-order valence-corrected chi connectivity index (χ2v) is 4.39. The first kappa shape index (κ1) is 11.1. The van der Waals surface area contributed by atoms with Gasteiger partial charge in [-0.3, -0.25) is 0 Å². The lowest BCUT2D eigenvalue weighted by molar-refractivity contribution is 0.0696. The van der Waals surface area contributed by atoms with E-state index in [2.05, 4.69) is 0 Å². The smallest absolute Gasteiger partial charge is 0.338 e. The van der Waals surface area contributed by atoms with E-state index >= 15 is 0 Å². The van der Waals surface area contributed by atoms with Crippen molar-refractivity contribution in [2.24, 2.45) is 5.73 Å². The van der Waals surface area contributed by atoms with Gasteiger partial charge in [-0.25, -0.2) is 4.79 Å². The van der Waals surface area contributed by atoms with E-state index in [1.165, 1.54) is 6.26 Å². The number of hydrogen-bond acceptors (Lipinski definition) is 4. The van der Waals surface area contributed by atoms with Crippen LogP contribution in [-0.4, -0.2) is 22.9 Å². The van der Waals surface area contributed by atoms with Crippen LogP contribution < -0.4 is 5.73 Å². The molecule has 0 saturated carbocycles. The van der Waals surface area contributed by atoms with Crippen molar-refractivity contribution in [2.75, 3.05) is 6.54 Å². The lowest BCUT2D eigenvalue weighted by Crippen LogP contribution is -2.12. The maximum Gasteiger partial charge on any atom is 0.338 e. The largest absolute Gasteiger partial charge is 0.478 e. The molecule has 1 unspecified atom stereocenters. The van der Waals surface area contributed by atoms with E-state index in [4.69, 9.17) is 15.3 Å². The van der Waals surface area contributed by atoms with Crippen molar-refractivity contribution in [2.45, 2.75) is 17.9 Å². The molecule has 0 saturated heterocycles. The minimum absolute atomic E-state index is 0.195. The topological polar surface area (TPSA) is 76.5 Å². The molecule has 1 aromatic heterocycles. The first-order chi connectivity index (χ1) is 6.63. The number of hydrogen-bond donors (Lipinski definition) is 2. The molecule has 0 aliphatic rings. The van der Waals surface area contributed by atoms with Crippen LogP contribution in [0.2, 0.25) is 0 Å². The summed E-state index contributed by atoms with van der Waals surface area (Å²) >= 11 is 1.64. The van der Waals surface area contributed by atoms with Crippen LogP contribution in [0.25, 0.3) is 0 Å². The van der Waals surface area contributed by atoms with Gasteiger partial charge >= 0.3 is 5.97 Å². The number of furan rings is 1. The first-order valence-electron chi connectivity index (χ1n) is 4.26. The number of carboxylic acids is 1. The Kier molecular flexibility index (Phi) is 4.03. The summed E-state index contributed by atoms with van der Waals surface area (Å²) in [7, 11) is 0. The molecule has 1 heterocycles. The normalized spacial score (nSPS) is 12.7. The summed E-state index contributed by atoms with van der Waals surface area (Å²) < 4.78 is 5.08. The van der Waals surface area contributed by atoms with E-state index in [1.807, 2.05) is 6.92 Å². The van der Waals surface area contributed by atoms with Crippen molar-refractivity contribution in [1.29, 1.82) is 0 Å². The second kappa shape index (κ2) is 5.07. The molecule has 0 amide bonds. The molecule has 0 bridgehead atoms. The van der Waals surface area contributed by atoms with E-state index < -0.39 is 5.97 Å². The van der Waals surface area contributed by atoms with E-state index in [1.54, 1.807) is 17.8 Å². The Labute approximate surface area is 86.5 Å². The zero-order valence-corrected chi connectivity index (χ0v) is 8.71. The standard InChI is InChI=1S/C9H13NO3S/c1-6(3-10)14-5-8-2-7(4-13-8)9(11)12/h2,4,6H,3,5,10H2,1H3,(H,11,12). The SMILES string of the molecule is CC(CN)SCc1cc(C(=O)O)co1. The summed E-state index contributed by atoms with van der Waals surface area (Å²) in [5.41, 5.74) is 5.64. The Hall–Kier alpha value is -0.940. The summed E-state index contributed by atoms with van der Waals surface area (Å²) in [5, 5.41) is 8.99. The van der Waals surface area contributed by atoms with Crippen LogP contribution in [-0.2, 0) is 5.75 Å². The molecule has 14 heavy (non-hydrogen) atoms. The average Bonchev–Trinajstić information content (AvgIpc) is 2.62. The number of nitrogens with two attached hydrogens (primary N) is 1. The minimum atomic E-state index is -0.961. The van der Waals surface area contributed by atoms with Crippen LogP contribution in [0.5, 0.6) is 0 Å². The lowest BCUT2D eigenvalue weighted by Gasteiger charge is -2.04. The van der Waals surface area contributed by atoms with Crippen LogP contribution in [0.15, 0.2) is 16.7 Å². The van der Waals surface area contributed by atoms with Crippen LogP contribution in [0, 0.1) is 0 Å². The van der Waals surface area contributed by atoms with Gasteiger partial charge in [0.15, 0.2) is 0 Å². The molecule has 1 aromatic rings. The number of thioether (sulfide) groups is 1. The molecule has 5 heteroatoms. The Balaban J connectivity index is 2.48. The van der Waals surface area contributed by atoms with Crippen molar-refractivity contribution in [3.63, 3.8) is 0 Å². The molecule has 1 rings (SSSR count). The number of carbonyl (C=O) groups is 1. The van der Waals surface area contributed by atoms with Crippen LogP contribution in [0.3, 0.4) is 0 Å². The highest BCUT2D eigenvalue weighted by Crippen LogP contribution is 2.18. The molecule has 78 valence electrons. The molecular formula is C9H13NO3S. The van der Waals surface area contributed by atoms with Crippen LogP contribution in [0.1, 0.15) is 23.0 Å². The zero-order chi connectivity index (χ0) is 10.6. The molecule has 0 aliphatic heterocycles. The van der Waals surface area contributed by atoms with Gasteiger partial charge in [-0.05, 0) is 6.07 Å². The van der Waals surface area contributed by atoms with Gasteiger partial charge in [0.2, 0.25) is 0 Å². The maximum atomic E-state index is 10.5. The summed E-state index contributed by atoms with van der Waals surface area (Å²) in [6.45, 7) is 2.63. The fraction of sp³-hybridized carbons (Fsp3) is 0.444. The fourth-order valence-corrected chi connectivity index (χ4v) is 1.60. The van der Waals surface area contributed by atoms with Crippen molar-refractivity contribution in [3.05, 3.63) is 23.7 Å². The van der Waals surface area contributed by atoms with Crippen molar-refractivity contribution < 1.29 is 14.3 Å². The summed E-state index contributed by atoms with van der Waals surface area (Å²) in [6, 6.07) is 1.54. The number of carboxylic acid groups (broad SMARTS) is 1. The van der Waals surface area contributed by atoms with Gasteiger partial charge in [0.1, 0.15) is 12.0 Å². The van der Waals surface area contributed by atoms with Gasteiger partial charge in [-0.1, -0.05) is 6.92 Å². The molecular weight excluding hydrogens is 202 g/mol. The Morgan fingerprint density at radius 1 is 1.79 bits per heavy atom. The summed E-state index contributed by atoms with van der Waals surface area (Å²) in [5.74, 6) is 0.371. The second-order valence-electron chi connectivity index (χ2n) is 2.96. The molecule has 0 aliphatic carbocycles. The highest BCUT2D eigenvalue weighted by atomic mass is 32.2. The van der Waals surface area contributed by atoms with Gasteiger partial charge in [0.25, 0.3) is 0 Å². The molecule has 1 atom stereocenters. The third-order valence-corrected chi connectivity index (χ3v) is 2.96. The Morgan fingerprint density at radius 3 is 3.00 bits per heavy atom. The van der Waals surface area contributed by atoms with Crippen LogP contribution >= 0.6 is 11.8 Å². The van der Waals surface area contributed by atoms with Crippen molar-refractivity contribution in [1.82, 2.24) is 0 Å². The quantitative estimate of drug-likeness (QED) is 0.779. The Bertz CT molecular complexity index is 311. The molecule has 0 aromatic carbocycles. The van der Waals surface area contributed by atoms with E-state index in [0.29, 0.717) is 23.3 Å². The maximum absolute atomic E-state index is 10.5. The summed E-state index contributed by atoms with van der Waals surface area (Å²) in [4.78, 5) is 10.5. The highest BCUT2D eigenvalue weighted by Gasteiger charge is 2.09. The van der Waals surface area contributed by atoms with E-state index in [0.717, 1.165) is 0 Å². The van der Waals surface area contributed by atoms with Crippen LogP contribution in [0.4, 0.5) is 0 Å². The van der Waals surface area contributed by atoms with Crippen molar-refractivity contribution >= 4 is 17.7 Å². The molecule has 3 N–H and O–H groups in total. The molecule has 0 spiro atoms. The van der Waals surface area contributed by atoms with Gasteiger partial charge in [-0.15, -0.1) is 11.8 Å². The third kappa shape index (κ3) is 3.08. The Morgan fingerprint density at radius 2 is 2.50 bits per heavy atom. The van der Waals surface area contributed by atoms with Gasteiger partial charge in [0.05, 0.1) is 11.3 Å². The monoisotopic (exact) mass is 215 g/mol. The predicted molar refractivity (Wildman–Crippen MR) is 55.5 cm³/mol. The molecule has 0 fully saturated rings. The first-order valence-corrected chi connectivity index (χ1v) is 5.30. The fourth-order valence-electron chi connectivity index (χ4n) is 0.861. The number of aromatic carboxylic acids is 1. The van der Waals surface area contributed by atoms with Crippen molar-refractivity contribution in [3.8, 4) is 0 Å². The predicted octanol–water partition coefficient (Wildman–Crippen LogP) is 1.56. The van der Waals surface area contributed by atoms with Gasteiger partial charge in [-0.2, -0.15) is 0 Å². The number of rotatable bonds is 5. The molecule has 0 radical (unpaired) electrons. The highest BCUT2D eigenvalue weighted by molar-refractivity contribution is 7.99. The lowest BCUT2D eigenvalue weighted by atomic mass is 10.3. The van der Waals surface area contributed by atoms with E-state index in [9.17, 15) is 4.79 Å². The van der Waals surface area contributed by atoms with E-state index in [-0.39, 0.29) is 5.56 Å². The third-order valence-electron chi connectivity index (χ3n) is 1.74. The summed E-state index contributed by atoms with van der Waals surface area (Å²) in [6.07, 6.45) is 1.26. The average molecular weight is 215 g/mol. The van der Waals surface area contributed by atoms with Gasteiger partial charge in [0, 0.05) is 11.8 Å². The minimum Gasteiger partial charge on any atom is -0.478 e. The molecule has 4 nitrogen and oxygen atoms in total.